The molecule has 1 aromatic rings. The van der Waals surface area contributed by atoms with Gasteiger partial charge in [-0.3, -0.25) is 4.79 Å². The Balaban J connectivity index is 1.85. The average Bonchev–Trinajstić information content (AvgIpc) is 2.71. The number of carbonyl (C=O) groups excluding carboxylic acids is 1. The molecule has 2 rings (SSSR count). The van der Waals surface area contributed by atoms with E-state index in [2.05, 4.69) is 5.32 Å². The fourth-order valence-corrected chi connectivity index (χ4v) is 4.25. The van der Waals surface area contributed by atoms with E-state index in [-0.39, 0.29) is 36.4 Å². The van der Waals surface area contributed by atoms with Crippen LogP contribution in [0.15, 0.2) is 24.3 Å². The van der Waals surface area contributed by atoms with E-state index in [1.165, 1.54) is 0 Å². The molecule has 1 aromatic carbocycles. The molecular formula is C14H19NO4S. The van der Waals surface area contributed by atoms with Crippen molar-refractivity contribution >= 4 is 21.4 Å². The van der Waals surface area contributed by atoms with Gasteiger partial charge in [-0.25, -0.2) is 8.42 Å². The number of aliphatic hydroxyl groups excluding tert-OH is 1. The highest BCUT2D eigenvalue weighted by atomic mass is 32.2. The lowest BCUT2D eigenvalue weighted by atomic mass is 10.0. The van der Waals surface area contributed by atoms with E-state index in [4.69, 9.17) is 5.11 Å². The third-order valence-electron chi connectivity index (χ3n) is 3.44. The fraction of sp³-hybridized carbons (Fsp3) is 0.500. The van der Waals surface area contributed by atoms with Gasteiger partial charge in [0.25, 0.3) is 0 Å². The Morgan fingerprint density at radius 1 is 1.30 bits per heavy atom. The van der Waals surface area contributed by atoms with Crippen LogP contribution in [0.25, 0.3) is 0 Å². The van der Waals surface area contributed by atoms with E-state index in [9.17, 15) is 13.2 Å². The van der Waals surface area contributed by atoms with E-state index in [0.29, 0.717) is 18.5 Å². The first kappa shape index (κ1) is 15.0. The van der Waals surface area contributed by atoms with Gasteiger partial charge in [-0.15, -0.1) is 0 Å². The number of anilines is 1. The summed E-state index contributed by atoms with van der Waals surface area (Å²) in [6, 6.07) is 7.28. The highest BCUT2D eigenvalue weighted by Gasteiger charge is 2.29. The molecular weight excluding hydrogens is 278 g/mol. The number of benzene rings is 1. The first-order valence-electron chi connectivity index (χ1n) is 6.68. The molecule has 0 saturated carbocycles. The standard InChI is InChI=1S/C14H19NO4S/c16-7-5-11-1-3-13(4-2-11)15-14(17)9-12-6-8-20(18,19)10-12/h1-4,12,16H,5-10H2,(H,15,17). The molecule has 0 bridgehead atoms. The van der Waals surface area contributed by atoms with Crippen LogP contribution >= 0.6 is 0 Å². The smallest absolute Gasteiger partial charge is 0.224 e. The van der Waals surface area contributed by atoms with Crippen molar-refractivity contribution in [2.45, 2.75) is 19.3 Å². The van der Waals surface area contributed by atoms with Crippen LogP contribution in [0.1, 0.15) is 18.4 Å². The molecule has 1 aliphatic heterocycles. The van der Waals surface area contributed by atoms with Crippen LogP contribution in [0.2, 0.25) is 0 Å². The SMILES string of the molecule is O=C(CC1CCS(=O)(=O)C1)Nc1ccc(CCO)cc1. The zero-order valence-corrected chi connectivity index (χ0v) is 12.0. The second-order valence-electron chi connectivity index (χ2n) is 5.19. The van der Waals surface area contributed by atoms with Gasteiger partial charge in [0.1, 0.15) is 0 Å². The number of rotatable bonds is 5. The predicted molar refractivity (Wildman–Crippen MR) is 77.2 cm³/mol. The summed E-state index contributed by atoms with van der Waals surface area (Å²) in [5.74, 6) is 0.104. The topological polar surface area (TPSA) is 83.5 Å². The number of sulfone groups is 1. The minimum Gasteiger partial charge on any atom is -0.396 e. The van der Waals surface area contributed by atoms with Crippen LogP contribution in [0.3, 0.4) is 0 Å². The zero-order chi connectivity index (χ0) is 14.6. The van der Waals surface area contributed by atoms with Crippen molar-refractivity contribution < 1.29 is 18.3 Å². The monoisotopic (exact) mass is 297 g/mol. The molecule has 1 fully saturated rings. The zero-order valence-electron chi connectivity index (χ0n) is 11.2. The largest absolute Gasteiger partial charge is 0.396 e. The molecule has 1 heterocycles. The van der Waals surface area contributed by atoms with Crippen molar-refractivity contribution in [3.8, 4) is 0 Å². The third-order valence-corrected chi connectivity index (χ3v) is 5.28. The Morgan fingerprint density at radius 3 is 2.55 bits per heavy atom. The van der Waals surface area contributed by atoms with Gasteiger partial charge < -0.3 is 10.4 Å². The lowest BCUT2D eigenvalue weighted by Gasteiger charge is -2.09. The molecule has 1 saturated heterocycles. The van der Waals surface area contributed by atoms with Crippen LogP contribution in [-0.2, 0) is 21.1 Å². The summed E-state index contributed by atoms with van der Waals surface area (Å²) in [6.07, 6.45) is 1.41. The summed E-state index contributed by atoms with van der Waals surface area (Å²) in [5.41, 5.74) is 1.70. The fourth-order valence-electron chi connectivity index (χ4n) is 2.39. The molecule has 0 aliphatic carbocycles. The highest BCUT2D eigenvalue weighted by molar-refractivity contribution is 7.91. The van der Waals surface area contributed by atoms with E-state index >= 15 is 0 Å². The molecule has 0 aromatic heterocycles. The van der Waals surface area contributed by atoms with Crippen LogP contribution in [0, 0.1) is 5.92 Å². The lowest BCUT2D eigenvalue weighted by Crippen LogP contribution is -2.17. The maximum Gasteiger partial charge on any atom is 0.224 e. The van der Waals surface area contributed by atoms with Crippen molar-refractivity contribution in [3.05, 3.63) is 29.8 Å². The third kappa shape index (κ3) is 4.31. The van der Waals surface area contributed by atoms with E-state index in [1.54, 1.807) is 12.1 Å². The average molecular weight is 297 g/mol. The van der Waals surface area contributed by atoms with Gasteiger partial charge in [0, 0.05) is 18.7 Å². The Hall–Kier alpha value is -1.40. The molecule has 1 amide bonds. The number of amides is 1. The van der Waals surface area contributed by atoms with E-state index in [1.807, 2.05) is 12.1 Å². The Bertz CT molecular complexity index is 565. The van der Waals surface area contributed by atoms with E-state index < -0.39 is 9.84 Å². The molecule has 0 radical (unpaired) electrons. The summed E-state index contributed by atoms with van der Waals surface area (Å²) in [7, 11) is -2.93. The van der Waals surface area contributed by atoms with Crippen molar-refractivity contribution in [1.29, 1.82) is 0 Å². The molecule has 5 nitrogen and oxygen atoms in total. The molecule has 6 heteroatoms. The Labute approximate surface area is 118 Å². The van der Waals surface area contributed by atoms with Gasteiger partial charge in [-0.05, 0) is 36.5 Å². The summed E-state index contributed by atoms with van der Waals surface area (Å²) in [5, 5.41) is 11.6. The molecule has 1 atom stereocenters. The number of carbonyl (C=O) groups is 1. The number of aliphatic hydroxyl groups is 1. The molecule has 1 unspecified atom stereocenters. The minimum atomic E-state index is -2.93. The molecule has 110 valence electrons. The van der Waals surface area contributed by atoms with Crippen LogP contribution in [0.4, 0.5) is 5.69 Å². The normalized spacial score (nSPS) is 20.8. The van der Waals surface area contributed by atoms with Gasteiger partial charge in [-0.1, -0.05) is 12.1 Å². The first-order chi connectivity index (χ1) is 9.48. The second kappa shape index (κ2) is 6.37. The van der Waals surface area contributed by atoms with Crippen LogP contribution in [0.5, 0.6) is 0 Å². The van der Waals surface area contributed by atoms with Gasteiger partial charge in [0.05, 0.1) is 11.5 Å². The van der Waals surface area contributed by atoms with Crippen LogP contribution < -0.4 is 5.32 Å². The van der Waals surface area contributed by atoms with E-state index in [0.717, 1.165) is 5.56 Å². The molecule has 20 heavy (non-hydrogen) atoms. The number of hydrogen-bond donors (Lipinski definition) is 2. The maximum atomic E-state index is 11.8. The Kier molecular flexibility index (Phi) is 4.77. The number of hydrogen-bond acceptors (Lipinski definition) is 4. The summed E-state index contributed by atoms with van der Waals surface area (Å²) in [4.78, 5) is 11.8. The first-order valence-corrected chi connectivity index (χ1v) is 8.51. The van der Waals surface area contributed by atoms with Crippen LogP contribution in [-0.4, -0.2) is 37.5 Å². The second-order valence-corrected chi connectivity index (χ2v) is 7.42. The van der Waals surface area contributed by atoms with Crippen molar-refractivity contribution in [2.24, 2.45) is 5.92 Å². The lowest BCUT2D eigenvalue weighted by molar-refractivity contribution is -0.116. The van der Waals surface area contributed by atoms with Gasteiger partial charge in [0.2, 0.25) is 5.91 Å². The van der Waals surface area contributed by atoms with Gasteiger partial charge in [-0.2, -0.15) is 0 Å². The maximum absolute atomic E-state index is 11.8. The summed E-state index contributed by atoms with van der Waals surface area (Å²) >= 11 is 0. The van der Waals surface area contributed by atoms with Crippen molar-refractivity contribution in [3.63, 3.8) is 0 Å². The summed E-state index contributed by atoms with van der Waals surface area (Å²) < 4.78 is 22.7. The van der Waals surface area contributed by atoms with Crippen molar-refractivity contribution in [2.75, 3.05) is 23.4 Å². The van der Waals surface area contributed by atoms with Gasteiger partial charge >= 0.3 is 0 Å². The minimum absolute atomic E-state index is 0.0614. The number of nitrogens with one attached hydrogen (secondary N) is 1. The molecule has 0 spiro atoms. The molecule has 1 aliphatic rings. The predicted octanol–water partition coefficient (Wildman–Crippen LogP) is 0.985. The van der Waals surface area contributed by atoms with Gasteiger partial charge in [0.15, 0.2) is 9.84 Å². The molecule has 2 N–H and O–H groups in total. The highest BCUT2D eigenvalue weighted by Crippen LogP contribution is 2.22. The van der Waals surface area contributed by atoms with Crippen molar-refractivity contribution in [1.82, 2.24) is 0 Å². The quantitative estimate of drug-likeness (QED) is 0.849. The Morgan fingerprint density at radius 2 is 2.00 bits per heavy atom. The summed E-state index contributed by atoms with van der Waals surface area (Å²) in [6.45, 7) is 0.0991.